The van der Waals surface area contributed by atoms with Crippen LogP contribution in [0.2, 0.25) is 5.02 Å². The molecule has 0 heterocycles. The number of carbonyl (C=O) groups is 3. The minimum Gasteiger partial charge on any atom is -0.444 e. The molecule has 0 saturated carbocycles. The van der Waals surface area contributed by atoms with E-state index < -0.39 is 35.6 Å². The number of likely N-dealkylation sites (N-methyl/N-ethyl adjacent to an activating group) is 1. The highest BCUT2D eigenvalue weighted by molar-refractivity contribution is 7.98. The van der Waals surface area contributed by atoms with E-state index in [9.17, 15) is 14.4 Å². The van der Waals surface area contributed by atoms with E-state index in [2.05, 4.69) is 16.6 Å². The van der Waals surface area contributed by atoms with Gasteiger partial charge in [0.2, 0.25) is 5.91 Å². The number of terminal acetylenes is 1. The third-order valence-electron chi connectivity index (χ3n) is 5.45. The van der Waals surface area contributed by atoms with Crippen molar-refractivity contribution in [3.05, 3.63) is 64.2 Å². The zero-order chi connectivity index (χ0) is 27.8. The van der Waals surface area contributed by atoms with Crippen LogP contribution in [-0.2, 0) is 14.3 Å². The summed E-state index contributed by atoms with van der Waals surface area (Å²) in [6.45, 7) is 7.06. The SMILES string of the molecule is C#Cc1ccc(C(C(=O)Nc2c(C)cccc2Cl)N(C)C(=O)C(CCSC)NC(=O)OC(C)(C)C)cc1. The van der Waals surface area contributed by atoms with E-state index >= 15 is 0 Å². The fourth-order valence-corrected chi connectivity index (χ4v) is 4.35. The molecule has 0 bridgehead atoms. The molecule has 2 atom stereocenters. The third kappa shape index (κ3) is 8.73. The second-order valence-corrected chi connectivity index (χ2v) is 10.9. The number of halogens is 1. The summed E-state index contributed by atoms with van der Waals surface area (Å²) < 4.78 is 5.36. The van der Waals surface area contributed by atoms with Crippen LogP contribution >= 0.6 is 23.4 Å². The van der Waals surface area contributed by atoms with Crippen molar-refractivity contribution in [2.45, 2.75) is 51.8 Å². The number of nitrogens with zero attached hydrogens (tertiary/aromatic N) is 1. The van der Waals surface area contributed by atoms with Gasteiger partial charge in [-0.15, -0.1) is 6.42 Å². The summed E-state index contributed by atoms with van der Waals surface area (Å²) in [6.07, 6.45) is 7.06. The maximum atomic E-state index is 13.7. The molecule has 3 amide bonds. The van der Waals surface area contributed by atoms with Crippen molar-refractivity contribution in [3.63, 3.8) is 0 Å². The Morgan fingerprint density at radius 2 is 1.81 bits per heavy atom. The van der Waals surface area contributed by atoms with Crippen molar-refractivity contribution in [2.24, 2.45) is 0 Å². The monoisotopic (exact) mass is 543 g/mol. The number of anilines is 1. The van der Waals surface area contributed by atoms with Crippen LogP contribution in [0.1, 0.15) is 49.9 Å². The fourth-order valence-electron chi connectivity index (χ4n) is 3.61. The molecule has 0 aliphatic carbocycles. The van der Waals surface area contributed by atoms with Crippen LogP contribution in [0.25, 0.3) is 0 Å². The van der Waals surface area contributed by atoms with Gasteiger partial charge >= 0.3 is 6.09 Å². The van der Waals surface area contributed by atoms with Crippen molar-refractivity contribution >= 4 is 47.0 Å². The Kier molecular flexibility index (Phi) is 10.9. The molecular weight excluding hydrogens is 510 g/mol. The first-order valence-corrected chi connectivity index (χ1v) is 13.5. The van der Waals surface area contributed by atoms with E-state index in [4.69, 9.17) is 22.8 Å². The second-order valence-electron chi connectivity index (χ2n) is 9.52. The van der Waals surface area contributed by atoms with E-state index in [1.165, 1.54) is 11.9 Å². The number of amides is 3. The van der Waals surface area contributed by atoms with Crippen molar-refractivity contribution in [1.82, 2.24) is 10.2 Å². The predicted molar refractivity (Wildman–Crippen MR) is 151 cm³/mol. The maximum Gasteiger partial charge on any atom is 0.408 e. The van der Waals surface area contributed by atoms with Gasteiger partial charge in [0, 0.05) is 12.6 Å². The summed E-state index contributed by atoms with van der Waals surface area (Å²) in [5.74, 6) is 2.28. The Labute approximate surface area is 228 Å². The normalized spacial score (nSPS) is 12.6. The Morgan fingerprint density at radius 1 is 1.16 bits per heavy atom. The molecule has 2 rings (SSSR count). The van der Waals surface area contributed by atoms with Gasteiger partial charge in [-0.3, -0.25) is 9.59 Å². The van der Waals surface area contributed by atoms with Crippen LogP contribution in [0, 0.1) is 19.3 Å². The molecule has 7 nitrogen and oxygen atoms in total. The van der Waals surface area contributed by atoms with Crippen LogP contribution in [0.4, 0.5) is 10.5 Å². The molecular formula is C28H34ClN3O4S. The van der Waals surface area contributed by atoms with Crippen molar-refractivity contribution < 1.29 is 19.1 Å². The molecule has 0 aliphatic heterocycles. The molecule has 9 heteroatoms. The first kappa shape index (κ1) is 30.1. The number of thioether (sulfide) groups is 1. The molecule has 0 saturated heterocycles. The minimum absolute atomic E-state index is 0.359. The van der Waals surface area contributed by atoms with Gasteiger partial charge < -0.3 is 20.3 Å². The highest BCUT2D eigenvalue weighted by atomic mass is 35.5. The molecule has 0 aliphatic rings. The van der Waals surface area contributed by atoms with Crippen LogP contribution in [0.3, 0.4) is 0 Å². The van der Waals surface area contributed by atoms with Gasteiger partial charge in [0.1, 0.15) is 17.7 Å². The number of carbonyl (C=O) groups excluding carboxylic acids is 3. The van der Waals surface area contributed by atoms with E-state index in [0.717, 1.165) is 5.56 Å². The molecule has 2 aromatic rings. The number of hydrogen-bond donors (Lipinski definition) is 2. The van der Waals surface area contributed by atoms with Gasteiger partial charge in [0.25, 0.3) is 5.91 Å². The standard InChI is InChI=1S/C28H34ClN3O4S/c1-8-19-12-14-20(15-13-19)24(25(33)31-23-18(2)10-9-11-21(23)29)32(6)26(34)22(16-17-37-7)30-27(35)36-28(3,4)5/h1,9-15,22,24H,16-17H2,2-7H3,(H,30,35)(H,31,33). The molecule has 37 heavy (non-hydrogen) atoms. The van der Waals surface area contributed by atoms with Crippen LogP contribution in [-0.4, -0.2) is 53.5 Å². The predicted octanol–water partition coefficient (Wildman–Crippen LogP) is 5.41. The molecule has 198 valence electrons. The lowest BCUT2D eigenvalue weighted by Gasteiger charge is -2.32. The largest absolute Gasteiger partial charge is 0.444 e. The number of aryl methyl sites for hydroxylation is 1. The average Bonchev–Trinajstić information content (AvgIpc) is 2.83. The molecule has 2 aromatic carbocycles. The topological polar surface area (TPSA) is 87.7 Å². The van der Waals surface area contributed by atoms with E-state index in [-0.39, 0.29) is 0 Å². The molecule has 0 fully saturated rings. The van der Waals surface area contributed by atoms with Crippen molar-refractivity contribution in [2.75, 3.05) is 24.4 Å². The molecule has 0 aromatic heterocycles. The number of alkyl carbamates (subject to hydrolysis) is 1. The zero-order valence-corrected chi connectivity index (χ0v) is 23.6. The van der Waals surface area contributed by atoms with Gasteiger partial charge in [0.15, 0.2) is 0 Å². The maximum absolute atomic E-state index is 13.7. The quantitative estimate of drug-likeness (QED) is 0.413. The average molecular weight is 544 g/mol. The van der Waals surface area contributed by atoms with Crippen LogP contribution in [0.15, 0.2) is 42.5 Å². The Hall–Kier alpha value is -3.15. The number of ether oxygens (including phenoxy) is 1. The van der Waals surface area contributed by atoms with Crippen LogP contribution < -0.4 is 10.6 Å². The van der Waals surface area contributed by atoms with E-state index in [0.29, 0.717) is 34.0 Å². The number of benzene rings is 2. The van der Waals surface area contributed by atoms with Gasteiger partial charge in [-0.2, -0.15) is 11.8 Å². The zero-order valence-electron chi connectivity index (χ0n) is 22.1. The highest BCUT2D eigenvalue weighted by Crippen LogP contribution is 2.29. The Bertz CT molecular complexity index is 1140. The number of rotatable bonds is 9. The Balaban J connectivity index is 2.42. The lowest BCUT2D eigenvalue weighted by atomic mass is 10.0. The summed E-state index contributed by atoms with van der Waals surface area (Å²) in [5.41, 5.74) is 1.71. The number of hydrogen-bond acceptors (Lipinski definition) is 5. The summed E-state index contributed by atoms with van der Waals surface area (Å²) in [6, 6.07) is 10.2. The summed E-state index contributed by atoms with van der Waals surface area (Å²) in [5, 5.41) is 5.93. The minimum atomic E-state index is -1.02. The van der Waals surface area contributed by atoms with Crippen LogP contribution in [0.5, 0.6) is 0 Å². The molecule has 0 radical (unpaired) electrons. The molecule has 0 spiro atoms. The highest BCUT2D eigenvalue weighted by Gasteiger charge is 2.34. The van der Waals surface area contributed by atoms with E-state index in [1.807, 2.05) is 19.2 Å². The van der Waals surface area contributed by atoms with Gasteiger partial charge in [-0.1, -0.05) is 41.8 Å². The van der Waals surface area contributed by atoms with Gasteiger partial charge in [-0.05, 0) is 75.5 Å². The number of nitrogens with one attached hydrogen (secondary N) is 2. The smallest absolute Gasteiger partial charge is 0.408 e. The summed E-state index contributed by atoms with van der Waals surface area (Å²) in [7, 11) is 1.53. The summed E-state index contributed by atoms with van der Waals surface area (Å²) in [4.78, 5) is 41.2. The molecule has 2 N–H and O–H groups in total. The molecule has 2 unspecified atom stereocenters. The fraction of sp³-hybridized carbons (Fsp3) is 0.393. The van der Waals surface area contributed by atoms with E-state index in [1.54, 1.807) is 68.9 Å². The third-order valence-corrected chi connectivity index (χ3v) is 6.41. The first-order valence-electron chi connectivity index (χ1n) is 11.8. The second kappa shape index (κ2) is 13.4. The van der Waals surface area contributed by atoms with Crippen molar-refractivity contribution in [3.8, 4) is 12.3 Å². The van der Waals surface area contributed by atoms with Crippen molar-refractivity contribution in [1.29, 1.82) is 0 Å². The number of para-hydroxylation sites is 1. The lowest BCUT2D eigenvalue weighted by Crippen LogP contribution is -2.51. The van der Waals surface area contributed by atoms with Gasteiger partial charge in [-0.25, -0.2) is 4.79 Å². The van der Waals surface area contributed by atoms with Gasteiger partial charge in [0.05, 0.1) is 10.7 Å². The summed E-state index contributed by atoms with van der Waals surface area (Å²) >= 11 is 7.89. The lowest BCUT2D eigenvalue weighted by molar-refractivity contribution is -0.139. The first-order chi connectivity index (χ1) is 17.4. The Morgan fingerprint density at radius 3 is 2.35 bits per heavy atom.